The molecule has 76 valence electrons. The molecule has 0 amide bonds. The number of carboxylic acid groups (broad SMARTS) is 1. The minimum Gasteiger partial charge on any atom is -0.744 e. The molecule has 0 aromatic heterocycles. The zero-order valence-electron chi connectivity index (χ0n) is 7.80. The van der Waals surface area contributed by atoms with E-state index < -0.39 is 26.5 Å². The predicted octanol–water partition coefficient (Wildman–Crippen LogP) is -3.12. The largest absolute Gasteiger partial charge is 1.00 e. The average molecular weight is 239 g/mol. The summed E-state index contributed by atoms with van der Waals surface area (Å²) >= 11 is 0. The Morgan fingerprint density at radius 1 is 1.40 bits per heavy atom. The molecule has 1 aromatic rings. The summed E-state index contributed by atoms with van der Waals surface area (Å²) in [5.41, 5.74) is 4.67. The normalized spacial score (nSPS) is 10.5. The van der Waals surface area contributed by atoms with Gasteiger partial charge in [0.1, 0.15) is 10.1 Å². The van der Waals surface area contributed by atoms with Gasteiger partial charge in [-0.15, -0.1) is 0 Å². The summed E-state index contributed by atoms with van der Waals surface area (Å²) in [4.78, 5) is 9.72. The van der Waals surface area contributed by atoms with E-state index in [2.05, 4.69) is 0 Å². The van der Waals surface area contributed by atoms with Gasteiger partial charge in [-0.2, -0.15) is 0 Å². The molecule has 0 aliphatic heterocycles. The van der Waals surface area contributed by atoms with Crippen LogP contribution in [0.3, 0.4) is 0 Å². The van der Waals surface area contributed by atoms with Crippen LogP contribution in [0.15, 0.2) is 23.1 Å². The van der Waals surface area contributed by atoms with Crippen LogP contribution in [0.25, 0.3) is 0 Å². The summed E-state index contributed by atoms with van der Waals surface area (Å²) in [5, 5.41) is 8.58. The van der Waals surface area contributed by atoms with E-state index in [1.54, 1.807) is 0 Å². The molecule has 0 fully saturated rings. The van der Waals surface area contributed by atoms with Crippen LogP contribution in [-0.2, 0) is 10.1 Å². The molecule has 0 aliphatic carbocycles. The fourth-order valence-electron chi connectivity index (χ4n) is 0.922. The van der Waals surface area contributed by atoms with E-state index in [0.717, 1.165) is 12.1 Å². The maximum absolute atomic E-state index is 10.6. The van der Waals surface area contributed by atoms with E-state index in [4.69, 9.17) is 10.8 Å². The van der Waals surface area contributed by atoms with Crippen molar-refractivity contribution in [3.05, 3.63) is 23.8 Å². The molecule has 0 unspecified atom stereocenters. The fraction of sp³-hybridized carbons (Fsp3) is 0. The molecule has 3 N–H and O–H groups in total. The predicted molar refractivity (Wildman–Crippen MR) is 45.8 cm³/mol. The van der Waals surface area contributed by atoms with Gasteiger partial charge < -0.3 is 15.4 Å². The summed E-state index contributed by atoms with van der Waals surface area (Å²) in [6, 6.07) is 3.01. The number of anilines is 1. The maximum Gasteiger partial charge on any atom is 1.00 e. The van der Waals surface area contributed by atoms with Crippen LogP contribution in [0.2, 0.25) is 0 Å². The van der Waals surface area contributed by atoms with Gasteiger partial charge >= 0.3 is 35.5 Å². The standard InChI is InChI=1S/C7H7NO5S.Na/c8-4-1-2-5(7(9)10)6(3-4)14(11,12)13;/h1-3H,8H2,(H,9,10)(H,11,12,13);/q;+1/p-1. The number of carbonyl (C=O) groups is 1. The molecule has 0 radical (unpaired) electrons. The van der Waals surface area contributed by atoms with Crippen molar-refractivity contribution < 1.29 is 52.4 Å². The van der Waals surface area contributed by atoms with Gasteiger partial charge in [0.15, 0.2) is 0 Å². The SMILES string of the molecule is Nc1ccc(C(=O)O)c(S(=O)(=O)[O-])c1.[Na+]. The zero-order chi connectivity index (χ0) is 10.9. The van der Waals surface area contributed by atoms with Crippen LogP contribution < -0.4 is 35.3 Å². The van der Waals surface area contributed by atoms with Crippen molar-refractivity contribution in [1.82, 2.24) is 0 Å². The molecule has 1 rings (SSSR count). The van der Waals surface area contributed by atoms with Crippen molar-refractivity contribution in [1.29, 1.82) is 0 Å². The molecule has 0 bridgehead atoms. The number of nitrogens with two attached hydrogens (primary N) is 1. The number of rotatable bonds is 2. The Hall–Kier alpha value is -0.600. The summed E-state index contributed by atoms with van der Waals surface area (Å²) in [7, 11) is -4.81. The number of benzene rings is 1. The van der Waals surface area contributed by atoms with E-state index in [1.807, 2.05) is 0 Å². The molecule has 0 saturated heterocycles. The summed E-state index contributed by atoms with van der Waals surface area (Å²) in [6.07, 6.45) is 0. The van der Waals surface area contributed by atoms with Crippen LogP contribution >= 0.6 is 0 Å². The molecule has 0 heterocycles. The Labute approximate surface area is 108 Å². The van der Waals surface area contributed by atoms with Crippen LogP contribution in [0, 0.1) is 0 Å². The van der Waals surface area contributed by atoms with Gasteiger partial charge in [-0.3, -0.25) is 0 Å². The van der Waals surface area contributed by atoms with E-state index in [-0.39, 0.29) is 35.2 Å². The van der Waals surface area contributed by atoms with Gasteiger partial charge in [0.25, 0.3) is 0 Å². The van der Waals surface area contributed by atoms with Crippen LogP contribution in [0.4, 0.5) is 5.69 Å². The number of hydrogen-bond acceptors (Lipinski definition) is 5. The number of nitrogen functional groups attached to an aromatic ring is 1. The van der Waals surface area contributed by atoms with Gasteiger partial charge in [0.2, 0.25) is 0 Å². The quantitative estimate of drug-likeness (QED) is 0.320. The van der Waals surface area contributed by atoms with Crippen LogP contribution in [-0.4, -0.2) is 24.0 Å². The number of hydrogen-bond donors (Lipinski definition) is 2. The average Bonchev–Trinajstić information content (AvgIpc) is 2.01. The smallest absolute Gasteiger partial charge is 0.744 e. The van der Waals surface area contributed by atoms with Gasteiger partial charge in [0.05, 0.1) is 10.5 Å². The molecule has 1 aromatic carbocycles. The van der Waals surface area contributed by atoms with E-state index in [1.165, 1.54) is 6.07 Å². The third-order valence-corrected chi connectivity index (χ3v) is 2.38. The first-order valence-electron chi connectivity index (χ1n) is 3.41. The second kappa shape index (κ2) is 4.95. The van der Waals surface area contributed by atoms with Crippen molar-refractivity contribution in [2.75, 3.05) is 5.73 Å². The summed E-state index contributed by atoms with van der Waals surface area (Å²) in [5.74, 6) is -1.49. The zero-order valence-corrected chi connectivity index (χ0v) is 10.6. The molecular formula is C7H6NNaO5S. The third kappa shape index (κ3) is 3.47. The molecule has 15 heavy (non-hydrogen) atoms. The maximum atomic E-state index is 10.6. The monoisotopic (exact) mass is 239 g/mol. The van der Waals surface area contributed by atoms with Crippen LogP contribution in [0.1, 0.15) is 10.4 Å². The topological polar surface area (TPSA) is 121 Å². The number of carboxylic acids is 1. The molecule has 0 spiro atoms. The van der Waals surface area contributed by atoms with Gasteiger partial charge in [-0.1, -0.05) is 0 Å². The molecule has 0 aliphatic rings. The number of aromatic carboxylic acids is 1. The molecule has 8 heteroatoms. The van der Waals surface area contributed by atoms with Gasteiger partial charge in [-0.05, 0) is 18.2 Å². The van der Waals surface area contributed by atoms with Gasteiger partial charge in [0, 0.05) is 5.69 Å². The minimum atomic E-state index is -4.81. The first kappa shape index (κ1) is 14.4. The Morgan fingerprint density at radius 3 is 2.33 bits per heavy atom. The fourth-order valence-corrected chi connectivity index (χ4v) is 1.63. The van der Waals surface area contributed by atoms with E-state index >= 15 is 0 Å². The van der Waals surface area contributed by atoms with Crippen LogP contribution in [0.5, 0.6) is 0 Å². The molecular weight excluding hydrogens is 233 g/mol. The van der Waals surface area contributed by atoms with E-state index in [9.17, 15) is 17.8 Å². The Kier molecular flexibility index (Phi) is 4.75. The van der Waals surface area contributed by atoms with Gasteiger partial charge in [-0.25, -0.2) is 13.2 Å². The molecule has 6 nitrogen and oxygen atoms in total. The van der Waals surface area contributed by atoms with E-state index in [0.29, 0.717) is 0 Å². The third-order valence-electron chi connectivity index (χ3n) is 1.51. The van der Waals surface area contributed by atoms with Crippen molar-refractivity contribution in [3.63, 3.8) is 0 Å². The minimum absolute atomic E-state index is 0. The Balaban J connectivity index is 0.00000196. The summed E-state index contributed by atoms with van der Waals surface area (Å²) in [6.45, 7) is 0. The second-order valence-corrected chi connectivity index (χ2v) is 3.86. The Bertz CT molecular complexity index is 484. The summed E-state index contributed by atoms with van der Waals surface area (Å²) < 4.78 is 31.9. The van der Waals surface area contributed by atoms with Crippen molar-refractivity contribution in [3.8, 4) is 0 Å². The Morgan fingerprint density at radius 2 is 1.93 bits per heavy atom. The van der Waals surface area contributed by atoms with Crippen molar-refractivity contribution >= 4 is 21.8 Å². The second-order valence-electron chi connectivity index (χ2n) is 2.51. The molecule has 0 atom stereocenters. The first-order valence-corrected chi connectivity index (χ1v) is 4.82. The first-order chi connectivity index (χ1) is 6.32. The van der Waals surface area contributed by atoms with Crippen molar-refractivity contribution in [2.24, 2.45) is 0 Å². The molecule has 0 saturated carbocycles. The van der Waals surface area contributed by atoms with Crippen molar-refractivity contribution in [2.45, 2.75) is 4.90 Å².